The Morgan fingerprint density at radius 1 is 1.41 bits per heavy atom. The van der Waals surface area contributed by atoms with E-state index < -0.39 is 12.6 Å². The van der Waals surface area contributed by atoms with Crippen molar-refractivity contribution < 1.29 is 23.0 Å². The van der Waals surface area contributed by atoms with E-state index in [2.05, 4.69) is 41.3 Å². The largest absolute Gasteiger partial charge is 0.469 e. The van der Waals surface area contributed by atoms with Gasteiger partial charge in [0.05, 0.1) is 13.5 Å². The summed E-state index contributed by atoms with van der Waals surface area (Å²) in [5.41, 5.74) is 0.312. The van der Waals surface area contributed by atoms with Gasteiger partial charge in [0, 0.05) is 14.5 Å². The van der Waals surface area contributed by atoms with Gasteiger partial charge in [0.15, 0.2) is 0 Å². The summed E-state index contributed by atoms with van der Waals surface area (Å²) in [6.45, 7) is -2.94. The third kappa shape index (κ3) is 3.92. The van der Waals surface area contributed by atoms with Gasteiger partial charge in [-0.2, -0.15) is 8.78 Å². The molecular weight excluding hydrogens is 366 g/mol. The molecule has 0 spiro atoms. The normalized spacial score (nSPS) is 10.5. The molecule has 94 valence electrons. The summed E-state index contributed by atoms with van der Waals surface area (Å²) >= 11 is 6.42. The van der Waals surface area contributed by atoms with Crippen LogP contribution in [0.25, 0.3) is 0 Å². The average molecular weight is 374 g/mol. The summed E-state index contributed by atoms with van der Waals surface area (Å²) in [4.78, 5) is 11.2. The molecule has 0 unspecified atom stereocenters. The lowest BCUT2D eigenvalue weighted by atomic mass is 10.1. The van der Waals surface area contributed by atoms with Gasteiger partial charge in [-0.1, -0.05) is 0 Å². The summed E-state index contributed by atoms with van der Waals surface area (Å²) in [7, 11) is 1.22. The molecule has 0 radical (unpaired) electrons. The van der Waals surface area contributed by atoms with E-state index in [0.717, 1.165) is 0 Å². The van der Waals surface area contributed by atoms with Crippen molar-refractivity contribution in [2.45, 2.75) is 13.0 Å². The van der Waals surface area contributed by atoms with Crippen molar-refractivity contribution in [1.82, 2.24) is 0 Å². The van der Waals surface area contributed by atoms with Crippen LogP contribution in [0.1, 0.15) is 5.56 Å². The van der Waals surface area contributed by atoms with Crippen LogP contribution >= 0.6 is 31.9 Å². The Hall–Kier alpha value is -0.690. The number of rotatable bonds is 4. The quantitative estimate of drug-likeness (QED) is 0.757. The highest BCUT2D eigenvalue weighted by Crippen LogP contribution is 2.34. The first-order valence-electron chi connectivity index (χ1n) is 4.44. The number of hydrogen-bond acceptors (Lipinski definition) is 3. The highest BCUT2D eigenvalue weighted by Gasteiger charge is 2.17. The maximum atomic E-state index is 12.2. The van der Waals surface area contributed by atoms with Crippen LogP contribution in [0.15, 0.2) is 21.1 Å². The molecule has 0 aromatic heterocycles. The van der Waals surface area contributed by atoms with Crippen molar-refractivity contribution in [2.24, 2.45) is 0 Å². The zero-order valence-corrected chi connectivity index (χ0v) is 11.8. The molecule has 1 aromatic carbocycles. The van der Waals surface area contributed by atoms with Gasteiger partial charge in [0.2, 0.25) is 0 Å². The number of carbonyl (C=O) groups is 1. The lowest BCUT2D eigenvalue weighted by Crippen LogP contribution is -2.10. The zero-order chi connectivity index (χ0) is 13.0. The molecular formula is C10H8Br2F2O3. The van der Waals surface area contributed by atoms with E-state index in [1.807, 2.05) is 0 Å². The Labute approximate surface area is 113 Å². The predicted molar refractivity (Wildman–Crippen MR) is 64.2 cm³/mol. The Balaban J connectivity index is 3.11. The molecule has 3 nitrogen and oxygen atoms in total. The second-order valence-electron chi connectivity index (χ2n) is 2.97. The van der Waals surface area contributed by atoms with E-state index >= 15 is 0 Å². The standard InChI is InChI=1S/C10H8Br2F2O3/c1-16-8(15)4-5-7(17-10(13)14)3-2-6(11)9(5)12/h2-3,10H,4H2,1H3. The number of ether oxygens (including phenoxy) is 2. The molecule has 0 bridgehead atoms. The van der Waals surface area contributed by atoms with Gasteiger partial charge in [0.25, 0.3) is 0 Å². The molecule has 0 heterocycles. The van der Waals surface area contributed by atoms with Crippen molar-refractivity contribution >= 4 is 37.8 Å². The van der Waals surface area contributed by atoms with Gasteiger partial charge in [-0.15, -0.1) is 0 Å². The van der Waals surface area contributed by atoms with Crippen molar-refractivity contribution in [3.05, 3.63) is 26.6 Å². The second-order valence-corrected chi connectivity index (χ2v) is 4.62. The van der Waals surface area contributed by atoms with E-state index in [-0.39, 0.29) is 12.2 Å². The SMILES string of the molecule is COC(=O)Cc1c(OC(F)F)ccc(Br)c1Br. The molecule has 0 atom stereocenters. The minimum Gasteiger partial charge on any atom is -0.469 e. The fourth-order valence-electron chi connectivity index (χ4n) is 1.16. The van der Waals surface area contributed by atoms with Gasteiger partial charge in [-0.05, 0) is 44.0 Å². The zero-order valence-electron chi connectivity index (χ0n) is 8.68. The summed E-state index contributed by atoms with van der Waals surface area (Å²) in [6.07, 6.45) is -0.154. The van der Waals surface area contributed by atoms with Gasteiger partial charge in [0.1, 0.15) is 5.75 Å². The van der Waals surface area contributed by atoms with Gasteiger partial charge in [-0.3, -0.25) is 4.79 Å². The first kappa shape index (κ1) is 14.4. The number of alkyl halides is 2. The molecule has 0 amide bonds. The molecule has 0 saturated heterocycles. The number of carbonyl (C=O) groups excluding carboxylic acids is 1. The molecule has 0 aliphatic rings. The Morgan fingerprint density at radius 2 is 2.06 bits per heavy atom. The van der Waals surface area contributed by atoms with Crippen molar-refractivity contribution in [2.75, 3.05) is 7.11 Å². The predicted octanol–water partition coefficient (Wildman–Crippen LogP) is 3.53. The van der Waals surface area contributed by atoms with E-state index in [1.54, 1.807) is 6.07 Å². The molecule has 0 N–H and O–H groups in total. The van der Waals surface area contributed by atoms with Crippen LogP contribution in [0.3, 0.4) is 0 Å². The Bertz CT molecular complexity index is 424. The van der Waals surface area contributed by atoms with Crippen LogP contribution in [0, 0.1) is 0 Å². The molecule has 1 rings (SSSR count). The summed E-state index contributed by atoms with van der Waals surface area (Å²) in [5, 5.41) is 0. The van der Waals surface area contributed by atoms with Gasteiger partial charge in [-0.25, -0.2) is 0 Å². The first-order valence-corrected chi connectivity index (χ1v) is 6.02. The van der Waals surface area contributed by atoms with E-state index in [9.17, 15) is 13.6 Å². The molecule has 7 heteroatoms. The van der Waals surface area contributed by atoms with E-state index in [4.69, 9.17) is 0 Å². The monoisotopic (exact) mass is 372 g/mol. The lowest BCUT2D eigenvalue weighted by molar-refractivity contribution is -0.139. The minimum atomic E-state index is -2.94. The molecule has 1 aromatic rings. The smallest absolute Gasteiger partial charge is 0.387 e. The van der Waals surface area contributed by atoms with Gasteiger partial charge >= 0.3 is 12.6 Å². The maximum absolute atomic E-state index is 12.2. The van der Waals surface area contributed by atoms with Crippen LogP contribution in [0.2, 0.25) is 0 Å². The van der Waals surface area contributed by atoms with Crippen LogP contribution < -0.4 is 4.74 Å². The number of methoxy groups -OCH3 is 1. The topological polar surface area (TPSA) is 35.5 Å². The van der Waals surface area contributed by atoms with Crippen LogP contribution in [-0.4, -0.2) is 19.7 Å². The first-order chi connectivity index (χ1) is 7.95. The van der Waals surface area contributed by atoms with Crippen LogP contribution in [-0.2, 0) is 16.0 Å². The van der Waals surface area contributed by atoms with Crippen molar-refractivity contribution in [3.63, 3.8) is 0 Å². The average Bonchev–Trinajstić information content (AvgIpc) is 2.27. The van der Waals surface area contributed by atoms with Crippen molar-refractivity contribution in [1.29, 1.82) is 0 Å². The van der Waals surface area contributed by atoms with E-state index in [0.29, 0.717) is 14.5 Å². The number of hydrogen-bond donors (Lipinski definition) is 0. The lowest BCUT2D eigenvalue weighted by Gasteiger charge is -2.12. The third-order valence-corrected chi connectivity index (χ3v) is 4.02. The number of esters is 1. The summed E-state index contributed by atoms with van der Waals surface area (Å²) < 4.78 is 34.3. The van der Waals surface area contributed by atoms with Crippen LogP contribution in [0.5, 0.6) is 5.75 Å². The minimum absolute atomic E-state index is 0.0551. The highest BCUT2D eigenvalue weighted by atomic mass is 79.9. The number of halogens is 4. The fraction of sp³-hybridized carbons (Fsp3) is 0.300. The molecule has 0 aliphatic carbocycles. The molecule has 0 aliphatic heterocycles. The molecule has 0 saturated carbocycles. The highest BCUT2D eigenvalue weighted by molar-refractivity contribution is 9.13. The summed E-state index contributed by atoms with van der Waals surface area (Å²) in [6, 6.07) is 2.90. The summed E-state index contributed by atoms with van der Waals surface area (Å²) in [5.74, 6) is -0.594. The van der Waals surface area contributed by atoms with E-state index in [1.165, 1.54) is 13.2 Å². The third-order valence-electron chi connectivity index (χ3n) is 1.92. The van der Waals surface area contributed by atoms with Crippen LogP contribution in [0.4, 0.5) is 8.78 Å². The molecule has 17 heavy (non-hydrogen) atoms. The maximum Gasteiger partial charge on any atom is 0.387 e. The Morgan fingerprint density at radius 3 is 2.59 bits per heavy atom. The van der Waals surface area contributed by atoms with Crippen molar-refractivity contribution in [3.8, 4) is 5.75 Å². The Kier molecular flexibility index (Phi) is 5.32. The second kappa shape index (κ2) is 6.30. The molecule has 0 fully saturated rings. The fourth-order valence-corrected chi connectivity index (χ4v) is 2.00. The van der Waals surface area contributed by atoms with Gasteiger partial charge < -0.3 is 9.47 Å². The number of benzene rings is 1.